The summed E-state index contributed by atoms with van der Waals surface area (Å²) in [5.41, 5.74) is 1.30. The van der Waals surface area contributed by atoms with Crippen molar-refractivity contribution in [3.63, 3.8) is 0 Å². The Morgan fingerprint density at radius 3 is 2.75 bits per heavy atom. The van der Waals surface area contributed by atoms with E-state index in [1.165, 1.54) is 30.2 Å². The lowest BCUT2D eigenvalue weighted by molar-refractivity contribution is 0.326. The van der Waals surface area contributed by atoms with E-state index in [-0.39, 0.29) is 0 Å². The fraction of sp³-hybridized carbons (Fsp3) is 0.778. The summed E-state index contributed by atoms with van der Waals surface area (Å²) in [7, 11) is 1.97. The van der Waals surface area contributed by atoms with E-state index in [9.17, 15) is 0 Å². The van der Waals surface area contributed by atoms with Crippen molar-refractivity contribution in [1.29, 1.82) is 0 Å². The first-order chi connectivity index (χ1) is 5.83. The molecule has 0 spiro atoms. The second-order valence-corrected chi connectivity index (χ2v) is 4.39. The standard InChI is InChI=1S/C9H18N2S/c1-9(7-10-2)8-11-3-5-12-6-4-11/h10H,1,3-8H2,2H3. The van der Waals surface area contributed by atoms with E-state index in [0.29, 0.717) is 0 Å². The van der Waals surface area contributed by atoms with Crippen LogP contribution in [0.3, 0.4) is 0 Å². The highest BCUT2D eigenvalue weighted by atomic mass is 32.2. The molecule has 1 fully saturated rings. The van der Waals surface area contributed by atoms with E-state index < -0.39 is 0 Å². The topological polar surface area (TPSA) is 15.3 Å². The van der Waals surface area contributed by atoms with Crippen LogP contribution in [0.25, 0.3) is 0 Å². The largest absolute Gasteiger partial charge is 0.316 e. The molecule has 12 heavy (non-hydrogen) atoms. The van der Waals surface area contributed by atoms with Gasteiger partial charge in [0.05, 0.1) is 0 Å². The van der Waals surface area contributed by atoms with Gasteiger partial charge in [-0.2, -0.15) is 11.8 Å². The van der Waals surface area contributed by atoms with Gasteiger partial charge in [-0.05, 0) is 12.6 Å². The van der Waals surface area contributed by atoms with Crippen molar-refractivity contribution in [3.8, 4) is 0 Å². The van der Waals surface area contributed by atoms with Crippen LogP contribution < -0.4 is 5.32 Å². The molecule has 1 rings (SSSR count). The number of nitrogens with zero attached hydrogens (tertiary/aromatic N) is 1. The van der Waals surface area contributed by atoms with Gasteiger partial charge >= 0.3 is 0 Å². The molecular formula is C9H18N2S. The van der Waals surface area contributed by atoms with Crippen LogP contribution in [0.2, 0.25) is 0 Å². The summed E-state index contributed by atoms with van der Waals surface area (Å²) in [6, 6.07) is 0. The van der Waals surface area contributed by atoms with Crippen LogP contribution in [-0.2, 0) is 0 Å². The SMILES string of the molecule is C=C(CNC)CN1CCSCC1. The number of hydrogen-bond acceptors (Lipinski definition) is 3. The lowest BCUT2D eigenvalue weighted by atomic mass is 10.3. The number of thioether (sulfide) groups is 1. The summed E-state index contributed by atoms with van der Waals surface area (Å²) >= 11 is 2.05. The smallest absolute Gasteiger partial charge is 0.0203 e. The van der Waals surface area contributed by atoms with Gasteiger partial charge in [0.2, 0.25) is 0 Å². The van der Waals surface area contributed by atoms with Crippen molar-refractivity contribution in [2.45, 2.75) is 0 Å². The second kappa shape index (κ2) is 5.62. The van der Waals surface area contributed by atoms with Crippen LogP contribution in [0, 0.1) is 0 Å². The Bertz CT molecular complexity index is 141. The molecule has 0 aliphatic carbocycles. The molecule has 0 amide bonds. The molecule has 0 bridgehead atoms. The maximum absolute atomic E-state index is 4.03. The molecule has 0 aromatic heterocycles. The van der Waals surface area contributed by atoms with Gasteiger partial charge in [-0.1, -0.05) is 6.58 Å². The Morgan fingerprint density at radius 2 is 2.17 bits per heavy atom. The third kappa shape index (κ3) is 3.61. The second-order valence-electron chi connectivity index (χ2n) is 3.17. The molecule has 1 saturated heterocycles. The predicted octanol–water partition coefficient (Wildman–Crippen LogP) is 0.811. The predicted molar refractivity (Wildman–Crippen MR) is 56.8 cm³/mol. The van der Waals surface area contributed by atoms with E-state index in [1.54, 1.807) is 0 Å². The minimum absolute atomic E-state index is 0.948. The van der Waals surface area contributed by atoms with Gasteiger partial charge in [-0.3, -0.25) is 4.90 Å². The van der Waals surface area contributed by atoms with Gasteiger partial charge in [-0.25, -0.2) is 0 Å². The van der Waals surface area contributed by atoms with Crippen molar-refractivity contribution in [1.82, 2.24) is 10.2 Å². The first-order valence-electron chi connectivity index (χ1n) is 4.44. The summed E-state index contributed by atoms with van der Waals surface area (Å²) in [5, 5.41) is 3.13. The van der Waals surface area contributed by atoms with Gasteiger partial charge < -0.3 is 5.32 Å². The maximum Gasteiger partial charge on any atom is 0.0203 e. The molecular weight excluding hydrogens is 168 g/mol. The lowest BCUT2D eigenvalue weighted by Crippen LogP contribution is -2.35. The van der Waals surface area contributed by atoms with Gasteiger partial charge in [0.1, 0.15) is 0 Å². The van der Waals surface area contributed by atoms with E-state index in [0.717, 1.165) is 13.1 Å². The molecule has 3 heteroatoms. The normalized spacial score (nSPS) is 19.4. The molecule has 1 aliphatic heterocycles. The van der Waals surface area contributed by atoms with Crippen LogP contribution in [-0.4, -0.2) is 49.6 Å². The zero-order chi connectivity index (χ0) is 8.81. The summed E-state index contributed by atoms with van der Waals surface area (Å²) in [5.74, 6) is 2.57. The van der Waals surface area contributed by atoms with Crippen LogP contribution in [0.1, 0.15) is 0 Å². The average molecular weight is 186 g/mol. The number of nitrogens with one attached hydrogen (secondary N) is 1. The van der Waals surface area contributed by atoms with Gasteiger partial charge in [0.25, 0.3) is 0 Å². The maximum atomic E-state index is 4.03. The highest BCUT2D eigenvalue weighted by molar-refractivity contribution is 7.99. The third-order valence-corrected chi connectivity index (χ3v) is 2.92. The molecule has 0 radical (unpaired) electrons. The fourth-order valence-corrected chi connectivity index (χ4v) is 2.36. The molecule has 0 aromatic rings. The van der Waals surface area contributed by atoms with Crippen molar-refractivity contribution in [3.05, 3.63) is 12.2 Å². The Balaban J connectivity index is 2.15. The minimum atomic E-state index is 0.948. The Hall–Kier alpha value is 0.0100. The molecule has 2 nitrogen and oxygen atoms in total. The molecule has 70 valence electrons. The zero-order valence-corrected chi connectivity index (χ0v) is 8.62. The van der Waals surface area contributed by atoms with Crippen molar-refractivity contribution >= 4 is 11.8 Å². The Morgan fingerprint density at radius 1 is 1.50 bits per heavy atom. The van der Waals surface area contributed by atoms with E-state index >= 15 is 0 Å². The summed E-state index contributed by atoms with van der Waals surface area (Å²) in [4.78, 5) is 2.48. The monoisotopic (exact) mass is 186 g/mol. The number of likely N-dealkylation sites (N-methyl/N-ethyl adjacent to an activating group) is 1. The Labute approximate surface area is 79.4 Å². The molecule has 0 aromatic carbocycles. The third-order valence-electron chi connectivity index (χ3n) is 1.98. The van der Waals surface area contributed by atoms with Crippen LogP contribution >= 0.6 is 11.8 Å². The van der Waals surface area contributed by atoms with Gasteiger partial charge in [0, 0.05) is 37.7 Å². The summed E-state index contributed by atoms with van der Waals surface area (Å²) < 4.78 is 0. The summed E-state index contributed by atoms with van der Waals surface area (Å²) in [6.45, 7) is 8.51. The van der Waals surface area contributed by atoms with Crippen LogP contribution in [0.5, 0.6) is 0 Å². The first kappa shape index (κ1) is 10.1. The quantitative estimate of drug-likeness (QED) is 0.654. The molecule has 1 aliphatic rings. The highest BCUT2D eigenvalue weighted by Crippen LogP contribution is 2.09. The minimum Gasteiger partial charge on any atom is -0.316 e. The van der Waals surface area contributed by atoms with Crippen LogP contribution in [0.15, 0.2) is 12.2 Å². The van der Waals surface area contributed by atoms with Crippen molar-refractivity contribution in [2.24, 2.45) is 0 Å². The molecule has 0 atom stereocenters. The van der Waals surface area contributed by atoms with Crippen molar-refractivity contribution < 1.29 is 0 Å². The molecule has 1 N–H and O–H groups in total. The van der Waals surface area contributed by atoms with E-state index in [4.69, 9.17) is 0 Å². The zero-order valence-electron chi connectivity index (χ0n) is 7.81. The van der Waals surface area contributed by atoms with Gasteiger partial charge in [-0.15, -0.1) is 0 Å². The van der Waals surface area contributed by atoms with E-state index in [1.807, 2.05) is 7.05 Å². The molecule has 0 saturated carbocycles. The van der Waals surface area contributed by atoms with Crippen molar-refractivity contribution in [2.75, 3.05) is 44.7 Å². The number of rotatable bonds is 4. The Kier molecular flexibility index (Phi) is 4.73. The first-order valence-corrected chi connectivity index (χ1v) is 5.59. The highest BCUT2D eigenvalue weighted by Gasteiger charge is 2.10. The molecule has 0 unspecified atom stereocenters. The van der Waals surface area contributed by atoms with Crippen LogP contribution in [0.4, 0.5) is 0 Å². The lowest BCUT2D eigenvalue weighted by Gasteiger charge is -2.26. The molecule has 1 heterocycles. The summed E-state index contributed by atoms with van der Waals surface area (Å²) in [6.07, 6.45) is 0. The fourth-order valence-electron chi connectivity index (χ4n) is 1.38. The van der Waals surface area contributed by atoms with Gasteiger partial charge in [0.15, 0.2) is 0 Å². The van der Waals surface area contributed by atoms with E-state index in [2.05, 4.69) is 28.6 Å². The average Bonchev–Trinajstić information content (AvgIpc) is 2.06. The number of hydrogen-bond donors (Lipinski definition) is 1.